The molecule has 0 aliphatic heterocycles. The molecule has 3 rings (SSSR count). The zero-order chi connectivity index (χ0) is 16.4. The van der Waals surface area contributed by atoms with Crippen molar-refractivity contribution in [3.8, 4) is 0 Å². The van der Waals surface area contributed by atoms with Crippen LogP contribution in [0.4, 0.5) is 5.69 Å². The van der Waals surface area contributed by atoms with Crippen LogP contribution in [0, 0.1) is 0 Å². The molecule has 1 heterocycles. The molecule has 0 spiro atoms. The van der Waals surface area contributed by atoms with Gasteiger partial charge in [0.05, 0.1) is 6.61 Å². The molecule has 1 aliphatic rings. The summed E-state index contributed by atoms with van der Waals surface area (Å²) in [6, 6.07) is 7.30. The molecular weight excluding hydrogens is 296 g/mol. The Hall–Kier alpha value is -2.18. The van der Waals surface area contributed by atoms with Crippen molar-refractivity contribution in [2.24, 2.45) is 0 Å². The third-order valence-electron chi connectivity index (χ3n) is 3.97. The summed E-state index contributed by atoms with van der Waals surface area (Å²) in [5, 5.41) is 12.7. The van der Waals surface area contributed by atoms with E-state index in [9.17, 15) is 14.7 Å². The molecule has 1 fully saturated rings. The van der Waals surface area contributed by atoms with Gasteiger partial charge in [0.2, 0.25) is 5.91 Å². The average molecular weight is 316 g/mol. The highest BCUT2D eigenvalue weighted by Gasteiger charge is 2.28. The third-order valence-corrected chi connectivity index (χ3v) is 3.97. The fourth-order valence-corrected chi connectivity index (χ4v) is 2.82. The molecule has 0 saturated heterocycles. The van der Waals surface area contributed by atoms with E-state index in [0.29, 0.717) is 30.4 Å². The van der Waals surface area contributed by atoms with E-state index in [2.05, 4.69) is 10.2 Å². The number of anilines is 1. The Bertz CT molecular complexity index is 780. The number of rotatable bonds is 6. The molecule has 0 unspecified atom stereocenters. The molecule has 1 amide bonds. The fraction of sp³-hybridized carbons (Fsp3) is 0.412. The van der Waals surface area contributed by atoms with Crippen molar-refractivity contribution in [2.45, 2.75) is 32.4 Å². The number of nitrogens with one attached hydrogen (secondary N) is 1. The van der Waals surface area contributed by atoms with Gasteiger partial charge in [-0.25, -0.2) is 4.79 Å². The lowest BCUT2D eigenvalue weighted by Crippen LogP contribution is -2.29. The Labute approximate surface area is 133 Å². The summed E-state index contributed by atoms with van der Waals surface area (Å²) in [6.45, 7) is 2.73. The number of carbonyl (C=O) groups is 1. The van der Waals surface area contributed by atoms with Crippen LogP contribution >= 0.6 is 0 Å². The number of amides is 1. The Morgan fingerprint density at radius 2 is 2.17 bits per heavy atom. The lowest BCUT2D eigenvalue weighted by molar-refractivity contribution is -0.114. The van der Waals surface area contributed by atoms with Crippen LogP contribution in [-0.4, -0.2) is 35.1 Å². The third kappa shape index (κ3) is 3.78. The normalized spacial score (nSPS) is 14.4. The van der Waals surface area contributed by atoms with Gasteiger partial charge in [-0.3, -0.25) is 9.69 Å². The molecule has 2 aromatic rings. The number of hydrogen-bond acceptors (Lipinski definition) is 5. The standard InChI is InChI=1S/C17H20N2O4/c1-11(21)18-13-2-5-15-12(8-17(22)23-16(15)9-13)10-19(6-7-20)14-3-4-14/h2,5,8-9,14,20H,3-4,6-7,10H2,1H3,(H,18,21). The lowest BCUT2D eigenvalue weighted by atomic mass is 10.1. The van der Waals surface area contributed by atoms with Gasteiger partial charge in [-0.15, -0.1) is 0 Å². The van der Waals surface area contributed by atoms with E-state index in [1.165, 1.54) is 13.0 Å². The van der Waals surface area contributed by atoms with Crippen LogP contribution in [0.5, 0.6) is 0 Å². The van der Waals surface area contributed by atoms with Gasteiger partial charge >= 0.3 is 5.63 Å². The maximum Gasteiger partial charge on any atom is 0.336 e. The first-order valence-electron chi connectivity index (χ1n) is 7.76. The molecule has 0 radical (unpaired) electrons. The van der Waals surface area contributed by atoms with Gasteiger partial charge in [0, 0.05) is 49.3 Å². The smallest absolute Gasteiger partial charge is 0.336 e. The van der Waals surface area contributed by atoms with E-state index in [1.54, 1.807) is 12.1 Å². The first-order valence-corrected chi connectivity index (χ1v) is 7.76. The number of benzene rings is 1. The topological polar surface area (TPSA) is 82.8 Å². The zero-order valence-electron chi connectivity index (χ0n) is 13.0. The molecular formula is C17H20N2O4. The SMILES string of the molecule is CC(=O)Nc1ccc2c(CN(CCO)C3CC3)cc(=O)oc2c1. The fourth-order valence-electron chi connectivity index (χ4n) is 2.82. The number of aliphatic hydroxyl groups is 1. The summed E-state index contributed by atoms with van der Waals surface area (Å²) in [6.07, 6.45) is 2.26. The highest BCUT2D eigenvalue weighted by atomic mass is 16.4. The Morgan fingerprint density at radius 3 is 2.83 bits per heavy atom. The highest BCUT2D eigenvalue weighted by Crippen LogP contribution is 2.29. The van der Waals surface area contributed by atoms with Crippen molar-refractivity contribution in [2.75, 3.05) is 18.5 Å². The number of hydrogen-bond donors (Lipinski definition) is 2. The van der Waals surface area contributed by atoms with Crippen LogP contribution < -0.4 is 10.9 Å². The van der Waals surface area contributed by atoms with E-state index in [1.807, 2.05) is 6.07 Å². The average Bonchev–Trinajstić information content (AvgIpc) is 3.30. The molecule has 23 heavy (non-hydrogen) atoms. The van der Waals surface area contributed by atoms with Crippen molar-refractivity contribution < 1.29 is 14.3 Å². The maximum atomic E-state index is 11.8. The second kappa shape index (κ2) is 6.52. The van der Waals surface area contributed by atoms with Crippen LogP contribution in [-0.2, 0) is 11.3 Å². The van der Waals surface area contributed by atoms with E-state index < -0.39 is 5.63 Å². The second-order valence-electron chi connectivity index (χ2n) is 5.91. The Balaban J connectivity index is 1.95. The van der Waals surface area contributed by atoms with Gasteiger partial charge in [-0.05, 0) is 30.5 Å². The summed E-state index contributed by atoms with van der Waals surface area (Å²) < 4.78 is 5.27. The molecule has 6 heteroatoms. The van der Waals surface area contributed by atoms with Crippen LogP contribution in [0.15, 0.2) is 33.5 Å². The van der Waals surface area contributed by atoms with Crippen LogP contribution in [0.1, 0.15) is 25.3 Å². The van der Waals surface area contributed by atoms with Gasteiger partial charge in [0.15, 0.2) is 0 Å². The van der Waals surface area contributed by atoms with E-state index in [-0.39, 0.29) is 12.5 Å². The number of aliphatic hydroxyl groups excluding tert-OH is 1. The monoisotopic (exact) mass is 316 g/mol. The van der Waals surface area contributed by atoms with Gasteiger partial charge in [-0.2, -0.15) is 0 Å². The first-order chi connectivity index (χ1) is 11.1. The van der Waals surface area contributed by atoms with E-state index >= 15 is 0 Å². The molecule has 1 aromatic heterocycles. The molecule has 0 atom stereocenters. The van der Waals surface area contributed by atoms with Gasteiger partial charge < -0.3 is 14.8 Å². The molecule has 1 aromatic carbocycles. The highest BCUT2D eigenvalue weighted by molar-refractivity contribution is 5.92. The van der Waals surface area contributed by atoms with Gasteiger partial charge in [0.1, 0.15) is 5.58 Å². The first kappa shape index (κ1) is 15.7. The Morgan fingerprint density at radius 1 is 1.39 bits per heavy atom. The molecule has 0 bridgehead atoms. The zero-order valence-corrected chi connectivity index (χ0v) is 13.0. The van der Waals surface area contributed by atoms with E-state index in [4.69, 9.17) is 4.42 Å². The minimum Gasteiger partial charge on any atom is -0.423 e. The van der Waals surface area contributed by atoms with Crippen molar-refractivity contribution >= 4 is 22.6 Å². The molecule has 2 N–H and O–H groups in total. The van der Waals surface area contributed by atoms with Crippen LogP contribution in [0.2, 0.25) is 0 Å². The molecule has 6 nitrogen and oxygen atoms in total. The number of fused-ring (bicyclic) bond motifs is 1. The van der Waals surface area contributed by atoms with Crippen molar-refractivity contribution in [1.29, 1.82) is 0 Å². The number of carbonyl (C=O) groups excluding carboxylic acids is 1. The van der Waals surface area contributed by atoms with E-state index in [0.717, 1.165) is 23.8 Å². The largest absolute Gasteiger partial charge is 0.423 e. The summed E-state index contributed by atoms with van der Waals surface area (Å²) >= 11 is 0. The summed E-state index contributed by atoms with van der Waals surface area (Å²) in [4.78, 5) is 25.2. The lowest BCUT2D eigenvalue weighted by Gasteiger charge is -2.21. The Kier molecular flexibility index (Phi) is 4.45. The quantitative estimate of drug-likeness (QED) is 0.793. The predicted molar refractivity (Wildman–Crippen MR) is 87.3 cm³/mol. The van der Waals surface area contributed by atoms with Crippen LogP contribution in [0.3, 0.4) is 0 Å². The molecule has 122 valence electrons. The predicted octanol–water partition coefficient (Wildman–Crippen LogP) is 1.71. The minimum atomic E-state index is -0.410. The van der Waals surface area contributed by atoms with Crippen molar-refractivity contribution in [3.05, 3.63) is 40.2 Å². The van der Waals surface area contributed by atoms with Crippen molar-refractivity contribution in [1.82, 2.24) is 4.90 Å². The molecule has 1 saturated carbocycles. The van der Waals surface area contributed by atoms with Crippen molar-refractivity contribution in [3.63, 3.8) is 0 Å². The second-order valence-corrected chi connectivity index (χ2v) is 5.91. The summed E-state index contributed by atoms with van der Waals surface area (Å²) in [7, 11) is 0. The molecule has 1 aliphatic carbocycles. The van der Waals surface area contributed by atoms with Gasteiger partial charge in [-0.1, -0.05) is 0 Å². The van der Waals surface area contributed by atoms with Crippen LogP contribution in [0.25, 0.3) is 11.0 Å². The minimum absolute atomic E-state index is 0.0998. The number of nitrogens with zero attached hydrogens (tertiary/aromatic N) is 1. The van der Waals surface area contributed by atoms with Gasteiger partial charge in [0.25, 0.3) is 0 Å². The summed E-state index contributed by atoms with van der Waals surface area (Å²) in [5.74, 6) is -0.175. The summed E-state index contributed by atoms with van der Waals surface area (Å²) in [5.41, 5.74) is 1.52. The maximum absolute atomic E-state index is 11.8.